The molecule has 2 heterocycles. The Labute approximate surface area is 233 Å². The van der Waals surface area contributed by atoms with Gasteiger partial charge >= 0.3 is 0 Å². The summed E-state index contributed by atoms with van der Waals surface area (Å²) >= 11 is 1.64. The van der Waals surface area contributed by atoms with Gasteiger partial charge in [0.2, 0.25) is 0 Å². The highest BCUT2D eigenvalue weighted by Gasteiger charge is 2.11. The third kappa shape index (κ3) is 7.82. The topological polar surface area (TPSA) is 29.9 Å². The lowest BCUT2D eigenvalue weighted by Crippen LogP contribution is -2.06. The van der Waals surface area contributed by atoms with Crippen molar-refractivity contribution in [2.45, 2.75) is 39.3 Å². The molecule has 0 atom stereocenters. The monoisotopic (exact) mass is 521 g/mol. The van der Waals surface area contributed by atoms with Gasteiger partial charge in [-0.3, -0.25) is 9.71 Å². The second kappa shape index (κ2) is 16.1. The molecule has 0 fully saturated rings. The Bertz CT molecular complexity index is 1370. The first-order valence-electron chi connectivity index (χ1n) is 12.8. The summed E-state index contributed by atoms with van der Waals surface area (Å²) in [6.07, 6.45) is 1.95. The fourth-order valence-electron chi connectivity index (χ4n) is 3.86. The molecule has 5 aromatic rings. The van der Waals surface area contributed by atoms with E-state index in [1.54, 1.807) is 11.9 Å². The number of nitrogens with one attached hydrogen (secondary N) is 1. The van der Waals surface area contributed by atoms with Crippen LogP contribution in [0, 0.1) is 13.8 Å². The minimum absolute atomic E-state index is 0.689. The molecule has 38 heavy (non-hydrogen) atoms. The van der Waals surface area contributed by atoms with Crippen LogP contribution in [0.25, 0.3) is 27.7 Å². The Kier molecular flexibility index (Phi) is 12.8. The van der Waals surface area contributed by atoms with E-state index >= 15 is 0 Å². The third-order valence-electron chi connectivity index (χ3n) is 5.58. The van der Waals surface area contributed by atoms with Gasteiger partial charge in [0.15, 0.2) is 0 Å². The van der Waals surface area contributed by atoms with E-state index in [4.69, 9.17) is 0 Å². The predicted molar refractivity (Wildman–Crippen MR) is 169 cm³/mol. The lowest BCUT2D eigenvalue weighted by molar-refractivity contribution is 0.907. The molecule has 0 saturated carbocycles. The molecule has 0 saturated heterocycles. The van der Waals surface area contributed by atoms with E-state index in [0.29, 0.717) is 6.54 Å². The molecule has 1 N–H and O–H groups in total. The maximum absolute atomic E-state index is 4.66. The van der Waals surface area contributed by atoms with Gasteiger partial charge in [-0.1, -0.05) is 79.6 Å². The molecule has 4 heteroatoms. The number of pyridine rings is 1. The Morgan fingerprint density at radius 1 is 0.737 bits per heavy atom. The highest BCUT2D eigenvalue weighted by Crippen LogP contribution is 2.30. The van der Waals surface area contributed by atoms with Crippen molar-refractivity contribution >= 4 is 22.9 Å². The molecule has 0 aliphatic heterocycles. The van der Waals surface area contributed by atoms with E-state index in [-0.39, 0.29) is 0 Å². The van der Waals surface area contributed by atoms with Crippen LogP contribution in [0.5, 0.6) is 0 Å². The standard InChI is InChI=1S/C28H25N3S.C2H6.2C2H4/c1-20-8-11-22(12-9-20)23-13-14-25(29-18-23)19-30-32-28-17-24-16-21(2)10-15-27(24)31(28)26-6-4-3-5-7-26;3*1-2/h3-18,30H,19H2,1-2H3;1-2H3;2*1-2H2. The molecule has 0 aliphatic rings. The van der Waals surface area contributed by atoms with Crippen LogP contribution in [-0.4, -0.2) is 9.55 Å². The van der Waals surface area contributed by atoms with Crippen molar-refractivity contribution in [1.29, 1.82) is 0 Å². The van der Waals surface area contributed by atoms with Gasteiger partial charge in [-0.25, -0.2) is 0 Å². The van der Waals surface area contributed by atoms with Crippen molar-refractivity contribution in [1.82, 2.24) is 14.3 Å². The Morgan fingerprint density at radius 2 is 1.37 bits per heavy atom. The SMILES string of the molecule is C=C.C=C.CC.Cc1ccc(-c2ccc(CNSc3cc4cc(C)ccc4n3-c3ccccc3)nc2)cc1. The first-order chi connectivity index (χ1) is 18.7. The smallest absolute Gasteiger partial charge is 0.0957 e. The van der Waals surface area contributed by atoms with Crippen molar-refractivity contribution in [3.05, 3.63) is 140 Å². The average Bonchev–Trinajstić information content (AvgIpc) is 3.34. The van der Waals surface area contributed by atoms with Crippen LogP contribution < -0.4 is 4.72 Å². The molecule has 3 nitrogen and oxygen atoms in total. The van der Waals surface area contributed by atoms with Crippen LogP contribution in [0.3, 0.4) is 0 Å². The number of benzene rings is 3. The van der Waals surface area contributed by atoms with Crippen LogP contribution in [-0.2, 0) is 6.54 Å². The largest absolute Gasteiger partial charge is 0.303 e. The van der Waals surface area contributed by atoms with Crippen LogP contribution in [0.1, 0.15) is 30.7 Å². The highest BCUT2D eigenvalue weighted by atomic mass is 32.2. The van der Waals surface area contributed by atoms with Gasteiger partial charge in [0.1, 0.15) is 0 Å². The number of para-hydroxylation sites is 1. The van der Waals surface area contributed by atoms with Crippen molar-refractivity contribution < 1.29 is 0 Å². The van der Waals surface area contributed by atoms with Crippen LogP contribution in [0.4, 0.5) is 0 Å². The molecule has 0 radical (unpaired) electrons. The summed E-state index contributed by atoms with van der Waals surface area (Å²) in [5, 5.41) is 2.41. The Hall–Kier alpha value is -3.86. The van der Waals surface area contributed by atoms with E-state index in [2.05, 4.69) is 145 Å². The summed E-state index contributed by atoms with van der Waals surface area (Å²) in [6, 6.07) is 32.2. The molecule has 0 spiro atoms. The van der Waals surface area contributed by atoms with Crippen LogP contribution >= 0.6 is 11.9 Å². The molecule has 0 aliphatic carbocycles. The predicted octanol–water partition coefficient (Wildman–Crippen LogP) is 9.74. The van der Waals surface area contributed by atoms with E-state index in [0.717, 1.165) is 22.0 Å². The number of nitrogens with zero attached hydrogens (tertiary/aromatic N) is 2. The maximum Gasteiger partial charge on any atom is 0.0957 e. The minimum Gasteiger partial charge on any atom is -0.303 e. The van der Waals surface area contributed by atoms with E-state index in [9.17, 15) is 0 Å². The molecule has 0 bridgehead atoms. The van der Waals surface area contributed by atoms with E-state index in [1.807, 2.05) is 20.0 Å². The summed E-state index contributed by atoms with van der Waals surface area (Å²) < 4.78 is 5.81. The molecule has 0 amide bonds. The number of hydrogen-bond acceptors (Lipinski definition) is 3. The second-order valence-electron chi connectivity index (χ2n) is 8.04. The zero-order chi connectivity index (χ0) is 27.9. The molecule has 2 aromatic heterocycles. The van der Waals surface area contributed by atoms with E-state index in [1.165, 1.54) is 27.6 Å². The first-order valence-corrected chi connectivity index (χ1v) is 13.6. The quantitative estimate of drug-likeness (QED) is 0.178. The van der Waals surface area contributed by atoms with Gasteiger partial charge < -0.3 is 4.57 Å². The number of aryl methyl sites for hydroxylation is 2. The normalized spacial score (nSPS) is 9.79. The summed E-state index contributed by atoms with van der Waals surface area (Å²) in [6.45, 7) is 20.9. The lowest BCUT2D eigenvalue weighted by Gasteiger charge is -2.11. The third-order valence-corrected chi connectivity index (χ3v) is 6.38. The molecular weight excluding hydrogens is 482 g/mol. The molecular formula is C34H39N3S. The van der Waals surface area contributed by atoms with Gasteiger partial charge in [0, 0.05) is 29.4 Å². The van der Waals surface area contributed by atoms with Crippen molar-refractivity contribution in [3.63, 3.8) is 0 Å². The summed E-state index contributed by atoms with van der Waals surface area (Å²) in [5.41, 5.74) is 8.27. The van der Waals surface area contributed by atoms with Crippen molar-refractivity contribution in [3.8, 4) is 16.8 Å². The Balaban J connectivity index is 0.000000791. The fraction of sp³-hybridized carbons (Fsp3) is 0.147. The van der Waals surface area contributed by atoms with Gasteiger partial charge in [0.05, 0.1) is 16.2 Å². The van der Waals surface area contributed by atoms with Crippen LogP contribution in [0.15, 0.2) is 129 Å². The summed E-state index contributed by atoms with van der Waals surface area (Å²) in [7, 11) is 0. The zero-order valence-electron chi connectivity index (χ0n) is 23.1. The van der Waals surface area contributed by atoms with Crippen LogP contribution in [0.2, 0.25) is 0 Å². The number of fused-ring (bicyclic) bond motifs is 1. The molecule has 0 unspecified atom stereocenters. The molecule has 196 valence electrons. The first kappa shape index (κ1) is 30.4. The summed E-state index contributed by atoms with van der Waals surface area (Å²) in [4.78, 5) is 4.66. The second-order valence-corrected chi connectivity index (χ2v) is 8.95. The Morgan fingerprint density at radius 3 is 2.00 bits per heavy atom. The van der Waals surface area contributed by atoms with Gasteiger partial charge in [-0.2, -0.15) is 0 Å². The lowest BCUT2D eigenvalue weighted by atomic mass is 10.1. The van der Waals surface area contributed by atoms with Gasteiger partial charge in [0.25, 0.3) is 0 Å². The highest BCUT2D eigenvalue weighted by molar-refractivity contribution is 7.97. The fourth-order valence-corrected chi connectivity index (χ4v) is 4.71. The number of hydrogen-bond donors (Lipinski definition) is 1. The zero-order valence-corrected chi connectivity index (χ0v) is 23.9. The molecule has 3 aromatic carbocycles. The van der Waals surface area contributed by atoms with Gasteiger partial charge in [-0.05, 0) is 67.8 Å². The maximum atomic E-state index is 4.66. The summed E-state index contributed by atoms with van der Waals surface area (Å²) in [5.74, 6) is 0. The molecule has 5 rings (SSSR count). The average molecular weight is 522 g/mol. The van der Waals surface area contributed by atoms with Crippen molar-refractivity contribution in [2.75, 3.05) is 0 Å². The van der Waals surface area contributed by atoms with E-state index < -0.39 is 0 Å². The number of aromatic nitrogens is 2. The minimum atomic E-state index is 0.689. The van der Waals surface area contributed by atoms with Crippen molar-refractivity contribution in [2.24, 2.45) is 0 Å². The van der Waals surface area contributed by atoms with Gasteiger partial charge in [-0.15, -0.1) is 26.3 Å². The number of rotatable bonds is 6.